The fourth-order valence-corrected chi connectivity index (χ4v) is 0. The van der Waals surface area contributed by atoms with Crippen molar-refractivity contribution in [2.45, 2.75) is 0 Å². The maximum Gasteiger partial charge on any atom is 0.209 e. The highest BCUT2D eigenvalue weighted by Crippen LogP contribution is 1.52. The van der Waals surface area contributed by atoms with Crippen LogP contribution in [0.1, 0.15) is 0 Å². The molecule has 0 radical (unpaired) electrons. The molecule has 0 fully saturated rings. The highest BCUT2D eigenvalue weighted by molar-refractivity contribution is 5.45. The molecule has 3 N–H and O–H groups in total. The number of carbonyl (C=O) groups excluding carboxylic acids is 1. The molecule has 0 saturated heterocycles. The molecule has 0 unspecified atom stereocenters. The van der Waals surface area contributed by atoms with Crippen LogP contribution in [-0.2, 0) is 4.79 Å². The molecule has 3 nitrogen and oxygen atoms in total. The topological polar surface area (TPSA) is 55.3 Å². The summed E-state index contributed by atoms with van der Waals surface area (Å²) >= 11 is 0. The standard InChI is InChI=1S/C3H7NO.H3N/c1-4(2)3-5;/h3H,1-2H3;1H3. The lowest BCUT2D eigenvalue weighted by Gasteiger charge is -1.93. The van der Waals surface area contributed by atoms with Gasteiger partial charge in [0, 0.05) is 14.1 Å². The van der Waals surface area contributed by atoms with Crippen molar-refractivity contribution < 1.29 is 4.79 Å². The van der Waals surface area contributed by atoms with Gasteiger partial charge in [-0.05, 0) is 0 Å². The van der Waals surface area contributed by atoms with Crippen molar-refractivity contribution in [3.05, 3.63) is 0 Å². The van der Waals surface area contributed by atoms with Crippen molar-refractivity contribution in [1.29, 1.82) is 0 Å². The molecule has 1 amide bonds. The van der Waals surface area contributed by atoms with Crippen LogP contribution in [0.4, 0.5) is 0 Å². The number of rotatable bonds is 1. The summed E-state index contributed by atoms with van der Waals surface area (Å²) in [5, 5.41) is 0. The van der Waals surface area contributed by atoms with Gasteiger partial charge in [-0.15, -0.1) is 0 Å². The van der Waals surface area contributed by atoms with Gasteiger partial charge in [0.2, 0.25) is 6.41 Å². The molecule has 3 heteroatoms. The number of carbonyl (C=O) groups is 1. The molecule has 0 aliphatic rings. The van der Waals surface area contributed by atoms with Gasteiger partial charge >= 0.3 is 0 Å². The van der Waals surface area contributed by atoms with Crippen molar-refractivity contribution >= 4 is 6.41 Å². The molecule has 0 aliphatic carbocycles. The van der Waals surface area contributed by atoms with Gasteiger partial charge in [0.25, 0.3) is 0 Å². The fourth-order valence-electron chi connectivity index (χ4n) is 0. The average Bonchev–Trinajstić information content (AvgIpc) is 1.38. The van der Waals surface area contributed by atoms with Crippen LogP contribution < -0.4 is 6.15 Å². The van der Waals surface area contributed by atoms with Gasteiger partial charge in [-0.25, -0.2) is 0 Å². The molecular weight excluding hydrogens is 80.0 g/mol. The Kier molecular flexibility index (Phi) is 6.69. The van der Waals surface area contributed by atoms with E-state index >= 15 is 0 Å². The Morgan fingerprint density at radius 2 is 1.67 bits per heavy atom. The summed E-state index contributed by atoms with van der Waals surface area (Å²) in [6.07, 6.45) is 0.750. The predicted octanol–water partition coefficient (Wildman–Crippen LogP) is -0.134. The minimum Gasteiger partial charge on any atom is -0.351 e. The monoisotopic (exact) mass is 90.1 g/mol. The smallest absolute Gasteiger partial charge is 0.209 e. The summed E-state index contributed by atoms with van der Waals surface area (Å²) < 4.78 is 0. The van der Waals surface area contributed by atoms with Crippen molar-refractivity contribution in [3.8, 4) is 0 Å². The number of hydrogen-bond acceptors (Lipinski definition) is 2. The van der Waals surface area contributed by atoms with Gasteiger partial charge < -0.3 is 11.1 Å². The first-order valence-electron chi connectivity index (χ1n) is 1.39. The molecule has 0 saturated carbocycles. The first kappa shape index (κ1) is 9.06. The number of nitrogens with zero attached hydrogens (tertiary/aromatic N) is 1. The highest BCUT2D eigenvalue weighted by Gasteiger charge is 1.68. The van der Waals surface area contributed by atoms with Crippen LogP contribution in [0, 0.1) is 0 Å². The second-order valence-corrected chi connectivity index (χ2v) is 1.07. The Bertz CT molecular complexity index is 35.8. The zero-order chi connectivity index (χ0) is 4.28. The van der Waals surface area contributed by atoms with Crippen molar-refractivity contribution in [2.75, 3.05) is 14.1 Å². The summed E-state index contributed by atoms with van der Waals surface area (Å²) in [6, 6.07) is 0. The molecular formula is C3H10N2O. The Balaban J connectivity index is 0. The largest absolute Gasteiger partial charge is 0.351 e. The third-order valence-corrected chi connectivity index (χ3v) is 0.211. The molecule has 38 valence electrons. The Hall–Kier alpha value is -0.570. The Morgan fingerprint density at radius 1 is 1.50 bits per heavy atom. The maximum atomic E-state index is 9.43. The van der Waals surface area contributed by atoms with Crippen LogP contribution in [0.5, 0.6) is 0 Å². The molecule has 0 aromatic carbocycles. The number of hydrogen-bond donors (Lipinski definition) is 1. The van der Waals surface area contributed by atoms with E-state index in [0.29, 0.717) is 0 Å². The molecule has 0 aliphatic heterocycles. The van der Waals surface area contributed by atoms with Crippen LogP contribution >= 0.6 is 0 Å². The van der Waals surface area contributed by atoms with Gasteiger partial charge in [0.15, 0.2) is 0 Å². The number of amides is 1. The van der Waals surface area contributed by atoms with Gasteiger partial charge in [-0.1, -0.05) is 0 Å². The quantitative estimate of drug-likeness (QED) is 0.456. The van der Waals surface area contributed by atoms with E-state index in [1.165, 1.54) is 4.90 Å². The lowest BCUT2D eigenvalue weighted by atomic mass is 11.0. The molecule has 0 rings (SSSR count). The Labute approximate surface area is 37.5 Å². The molecule has 0 aromatic heterocycles. The van der Waals surface area contributed by atoms with E-state index in [4.69, 9.17) is 0 Å². The zero-order valence-corrected chi connectivity index (χ0v) is 4.14. The van der Waals surface area contributed by atoms with Gasteiger partial charge in [-0.3, -0.25) is 4.79 Å². The van der Waals surface area contributed by atoms with E-state index in [2.05, 4.69) is 0 Å². The third kappa shape index (κ3) is 9.90. The van der Waals surface area contributed by atoms with Crippen molar-refractivity contribution in [1.82, 2.24) is 11.1 Å². The van der Waals surface area contributed by atoms with Crippen LogP contribution in [0.2, 0.25) is 0 Å². The molecule has 0 heterocycles. The van der Waals surface area contributed by atoms with E-state index in [-0.39, 0.29) is 6.15 Å². The van der Waals surface area contributed by atoms with Gasteiger partial charge in [0.1, 0.15) is 0 Å². The first-order chi connectivity index (χ1) is 2.27. The van der Waals surface area contributed by atoms with E-state index in [9.17, 15) is 4.79 Å². The van der Waals surface area contributed by atoms with E-state index < -0.39 is 0 Å². The summed E-state index contributed by atoms with van der Waals surface area (Å²) in [5.41, 5.74) is 0. The summed E-state index contributed by atoms with van der Waals surface area (Å²) in [6.45, 7) is 0. The van der Waals surface area contributed by atoms with Gasteiger partial charge in [0.05, 0.1) is 0 Å². The Morgan fingerprint density at radius 3 is 1.67 bits per heavy atom. The third-order valence-electron chi connectivity index (χ3n) is 0.211. The second-order valence-electron chi connectivity index (χ2n) is 1.07. The van der Waals surface area contributed by atoms with E-state index in [1.54, 1.807) is 14.1 Å². The van der Waals surface area contributed by atoms with Crippen LogP contribution in [0.3, 0.4) is 0 Å². The molecule has 6 heavy (non-hydrogen) atoms. The summed E-state index contributed by atoms with van der Waals surface area (Å²) in [5.74, 6) is 0. The molecule has 0 spiro atoms. The minimum atomic E-state index is 0. The molecule has 0 aromatic rings. The molecule has 0 bridgehead atoms. The van der Waals surface area contributed by atoms with Crippen molar-refractivity contribution in [2.24, 2.45) is 0 Å². The van der Waals surface area contributed by atoms with E-state index in [0.717, 1.165) is 6.41 Å². The predicted molar refractivity (Wildman–Crippen MR) is 24.8 cm³/mol. The lowest BCUT2D eigenvalue weighted by Crippen LogP contribution is -2.06. The van der Waals surface area contributed by atoms with Gasteiger partial charge in [-0.2, -0.15) is 0 Å². The SMILES string of the molecule is CN(C)C=O.N. The van der Waals surface area contributed by atoms with Crippen LogP contribution in [0.15, 0.2) is 0 Å². The molecule has 0 atom stereocenters. The van der Waals surface area contributed by atoms with Crippen molar-refractivity contribution in [3.63, 3.8) is 0 Å². The van der Waals surface area contributed by atoms with E-state index in [1.807, 2.05) is 0 Å². The minimum absolute atomic E-state index is 0. The summed E-state index contributed by atoms with van der Waals surface area (Å²) in [4.78, 5) is 10.9. The second kappa shape index (κ2) is 4.43. The van der Waals surface area contributed by atoms with Crippen LogP contribution in [-0.4, -0.2) is 25.4 Å². The highest BCUT2D eigenvalue weighted by atomic mass is 16.1. The maximum absolute atomic E-state index is 9.43. The average molecular weight is 90.1 g/mol. The first-order valence-corrected chi connectivity index (χ1v) is 1.39. The van der Waals surface area contributed by atoms with Crippen LogP contribution in [0.25, 0.3) is 0 Å². The fraction of sp³-hybridized carbons (Fsp3) is 0.667. The zero-order valence-electron chi connectivity index (χ0n) is 4.14. The normalized spacial score (nSPS) is 5.67. The summed E-state index contributed by atoms with van der Waals surface area (Å²) in [7, 11) is 3.38. The lowest BCUT2D eigenvalue weighted by molar-refractivity contribution is -0.115.